The average Bonchev–Trinajstić information content (AvgIpc) is 2.80. The maximum absolute atomic E-state index is 12.4. The molecule has 0 aromatic heterocycles. The molecule has 22 heavy (non-hydrogen) atoms. The summed E-state index contributed by atoms with van der Waals surface area (Å²) in [6.45, 7) is 0.815. The van der Waals surface area contributed by atoms with Crippen LogP contribution in [0.1, 0.15) is 18.4 Å². The minimum atomic E-state index is 0. The van der Waals surface area contributed by atoms with E-state index < -0.39 is 0 Å². The van der Waals surface area contributed by atoms with Gasteiger partial charge < -0.3 is 14.4 Å². The van der Waals surface area contributed by atoms with Crippen LogP contribution in [-0.4, -0.2) is 45.5 Å². The zero-order valence-corrected chi connectivity index (χ0v) is 14.4. The Labute approximate surface area is 138 Å². The summed E-state index contributed by atoms with van der Waals surface area (Å²) >= 11 is 0. The van der Waals surface area contributed by atoms with E-state index in [1.54, 1.807) is 14.2 Å². The van der Waals surface area contributed by atoms with Gasteiger partial charge in [-0.2, -0.15) is 0 Å². The Morgan fingerprint density at radius 1 is 1.27 bits per heavy atom. The molecule has 1 saturated carbocycles. The summed E-state index contributed by atoms with van der Waals surface area (Å²) in [5.41, 5.74) is 1.82. The normalized spacial score (nSPS) is 19.4. The van der Waals surface area contributed by atoms with Crippen LogP contribution in [-0.2, 0) is 4.79 Å². The number of nitrogens with zero attached hydrogens (tertiary/aromatic N) is 1. The quantitative estimate of drug-likeness (QED) is 0.780. The van der Waals surface area contributed by atoms with Crippen LogP contribution in [0, 0.1) is 5.92 Å². The summed E-state index contributed by atoms with van der Waals surface area (Å²) in [6, 6.07) is 5.64. The highest BCUT2D eigenvalue weighted by Crippen LogP contribution is 2.32. The zero-order chi connectivity index (χ0) is 15.4. The lowest BCUT2D eigenvalue weighted by Crippen LogP contribution is -2.24. The number of benzene rings is 1. The molecule has 2 rings (SSSR count). The first kappa shape index (κ1) is 18.5. The Bertz CT molecular complexity index is 555. The minimum Gasteiger partial charge on any atom is -0.497 e. The highest BCUT2D eigenvalue weighted by Gasteiger charge is 2.29. The molecule has 0 N–H and O–H groups in total. The van der Waals surface area contributed by atoms with Gasteiger partial charge in [0.2, 0.25) is 0 Å². The Morgan fingerprint density at radius 3 is 2.59 bits per heavy atom. The summed E-state index contributed by atoms with van der Waals surface area (Å²) in [7, 11) is 7.25. The molecule has 1 fully saturated rings. The Morgan fingerprint density at radius 2 is 2.00 bits per heavy atom. The molecule has 0 radical (unpaired) electrons. The predicted molar refractivity (Wildman–Crippen MR) is 91.1 cm³/mol. The van der Waals surface area contributed by atoms with Crippen LogP contribution in [0.2, 0.25) is 0 Å². The van der Waals surface area contributed by atoms with Gasteiger partial charge in [-0.15, -0.1) is 12.4 Å². The van der Waals surface area contributed by atoms with Gasteiger partial charge in [0, 0.05) is 24.1 Å². The molecule has 0 saturated heterocycles. The van der Waals surface area contributed by atoms with E-state index in [9.17, 15) is 4.79 Å². The van der Waals surface area contributed by atoms with Gasteiger partial charge in [-0.25, -0.2) is 0 Å². The third-order valence-corrected chi connectivity index (χ3v) is 3.81. The van der Waals surface area contributed by atoms with Crippen LogP contribution in [0.5, 0.6) is 11.5 Å². The smallest absolute Gasteiger partial charge is 0.163 e. The van der Waals surface area contributed by atoms with Gasteiger partial charge in [-0.05, 0) is 50.7 Å². The molecule has 1 aliphatic rings. The van der Waals surface area contributed by atoms with E-state index in [-0.39, 0.29) is 24.1 Å². The van der Waals surface area contributed by atoms with Gasteiger partial charge in [-0.1, -0.05) is 0 Å². The van der Waals surface area contributed by atoms with Crippen LogP contribution < -0.4 is 9.47 Å². The summed E-state index contributed by atoms with van der Waals surface area (Å²) in [5, 5.41) is 0. The van der Waals surface area contributed by atoms with Gasteiger partial charge in [0.25, 0.3) is 0 Å². The predicted octanol–water partition coefficient (Wildman–Crippen LogP) is 3.05. The third kappa shape index (κ3) is 4.24. The lowest BCUT2D eigenvalue weighted by atomic mass is 10.0. The first-order chi connectivity index (χ1) is 10.0. The number of ether oxygens (including phenoxy) is 2. The van der Waals surface area contributed by atoms with Gasteiger partial charge in [-0.3, -0.25) is 4.79 Å². The van der Waals surface area contributed by atoms with Crippen LogP contribution in [0.25, 0.3) is 6.08 Å². The highest BCUT2D eigenvalue weighted by molar-refractivity contribution is 6.03. The molecule has 0 amide bonds. The number of carbonyl (C=O) groups is 1. The Balaban J connectivity index is 0.00000242. The minimum absolute atomic E-state index is 0. The average molecular weight is 326 g/mol. The molecule has 122 valence electrons. The molecule has 0 heterocycles. The summed E-state index contributed by atoms with van der Waals surface area (Å²) in [5.74, 6) is 1.86. The largest absolute Gasteiger partial charge is 0.497 e. The monoisotopic (exact) mass is 325 g/mol. The second-order valence-electron chi connectivity index (χ2n) is 5.64. The van der Waals surface area contributed by atoms with Crippen molar-refractivity contribution >= 4 is 24.3 Å². The van der Waals surface area contributed by atoms with Gasteiger partial charge in [0.1, 0.15) is 11.5 Å². The first-order valence-corrected chi connectivity index (χ1v) is 7.16. The topological polar surface area (TPSA) is 38.8 Å². The molecular weight excluding hydrogens is 302 g/mol. The van der Waals surface area contributed by atoms with Crippen molar-refractivity contribution in [3.63, 3.8) is 0 Å². The van der Waals surface area contributed by atoms with Crippen molar-refractivity contribution in [1.82, 2.24) is 4.90 Å². The number of halogens is 1. The Hall–Kier alpha value is -1.52. The number of carbonyl (C=O) groups excluding carboxylic acids is 1. The fourth-order valence-electron chi connectivity index (χ4n) is 2.73. The number of methoxy groups -OCH3 is 2. The molecule has 1 unspecified atom stereocenters. The van der Waals surface area contributed by atoms with Crippen LogP contribution in [0.4, 0.5) is 0 Å². The van der Waals surface area contributed by atoms with Crippen molar-refractivity contribution in [2.45, 2.75) is 12.8 Å². The zero-order valence-electron chi connectivity index (χ0n) is 13.6. The number of allylic oxidation sites excluding steroid dienone is 1. The molecule has 0 spiro atoms. The molecule has 5 heteroatoms. The third-order valence-electron chi connectivity index (χ3n) is 3.81. The van der Waals surface area contributed by atoms with E-state index in [1.807, 2.05) is 38.4 Å². The van der Waals surface area contributed by atoms with E-state index in [0.29, 0.717) is 0 Å². The molecule has 1 aliphatic carbocycles. The number of hydrogen-bond acceptors (Lipinski definition) is 4. The molecule has 0 aliphatic heterocycles. The van der Waals surface area contributed by atoms with Crippen LogP contribution in [0.3, 0.4) is 0 Å². The first-order valence-electron chi connectivity index (χ1n) is 7.16. The van der Waals surface area contributed by atoms with Crippen LogP contribution in [0.15, 0.2) is 23.8 Å². The van der Waals surface area contributed by atoms with Crippen molar-refractivity contribution in [1.29, 1.82) is 0 Å². The van der Waals surface area contributed by atoms with Gasteiger partial charge in [0.15, 0.2) is 5.78 Å². The maximum Gasteiger partial charge on any atom is 0.163 e. The number of hydrogen-bond donors (Lipinski definition) is 0. The van der Waals surface area contributed by atoms with Crippen molar-refractivity contribution in [2.75, 3.05) is 34.9 Å². The highest BCUT2D eigenvalue weighted by atomic mass is 35.5. The van der Waals surface area contributed by atoms with Gasteiger partial charge >= 0.3 is 0 Å². The lowest BCUT2D eigenvalue weighted by molar-refractivity contribution is -0.118. The van der Waals surface area contributed by atoms with Crippen molar-refractivity contribution < 1.29 is 14.3 Å². The van der Waals surface area contributed by atoms with Crippen molar-refractivity contribution in [3.8, 4) is 11.5 Å². The van der Waals surface area contributed by atoms with E-state index in [1.165, 1.54) is 0 Å². The van der Waals surface area contributed by atoms with E-state index >= 15 is 0 Å². The van der Waals surface area contributed by atoms with Crippen molar-refractivity contribution in [2.24, 2.45) is 5.92 Å². The van der Waals surface area contributed by atoms with Gasteiger partial charge in [0.05, 0.1) is 14.2 Å². The molecule has 4 nitrogen and oxygen atoms in total. The van der Waals surface area contributed by atoms with E-state index in [0.717, 1.165) is 42.0 Å². The number of Topliss-reactive ketones (excluding diaryl/α,β-unsaturated/α-hetero) is 1. The molecule has 1 aromatic rings. The number of ketones is 1. The molecule has 0 bridgehead atoms. The van der Waals surface area contributed by atoms with E-state index in [2.05, 4.69) is 4.90 Å². The summed E-state index contributed by atoms with van der Waals surface area (Å²) in [6.07, 6.45) is 3.73. The summed E-state index contributed by atoms with van der Waals surface area (Å²) in [4.78, 5) is 14.5. The molecule has 1 aromatic carbocycles. The number of rotatable bonds is 5. The fourth-order valence-corrected chi connectivity index (χ4v) is 2.73. The standard InChI is InChI=1S/C17H23NO3.ClH/c1-18(2)11-14-6-5-13(17(14)19)9-12-7-8-15(20-3)10-16(12)21-4;/h7-10,14H,5-6,11H2,1-4H3;1H/b13-9-;. The maximum atomic E-state index is 12.4. The second-order valence-corrected chi connectivity index (χ2v) is 5.64. The van der Waals surface area contributed by atoms with E-state index in [4.69, 9.17) is 9.47 Å². The Kier molecular flexibility index (Phi) is 6.91. The fraction of sp³-hybridized carbons (Fsp3) is 0.471. The lowest BCUT2D eigenvalue weighted by Gasteiger charge is -2.13. The van der Waals surface area contributed by atoms with Crippen LogP contribution >= 0.6 is 12.4 Å². The molecule has 1 atom stereocenters. The summed E-state index contributed by atoms with van der Waals surface area (Å²) < 4.78 is 10.6. The second kappa shape index (κ2) is 8.20. The van der Waals surface area contributed by atoms with Crippen molar-refractivity contribution in [3.05, 3.63) is 29.3 Å². The molecular formula is C17H24ClNO3. The SMILES string of the molecule is COc1ccc(/C=C2/CCC(CN(C)C)C2=O)c(OC)c1.Cl.